The largest absolute Gasteiger partial charge is 0.458 e. The first-order chi connectivity index (χ1) is 46.2. The van der Waals surface area contributed by atoms with Crippen LogP contribution in [0.25, 0.3) is 33.4 Å². The Morgan fingerprint density at radius 1 is 0.237 bits per heavy atom. The number of ether oxygens (including phenoxy) is 1. The SMILES string of the molecule is c1ccc(N2c3ccccc3B3c4cc5c(cc4Oc4cc(-c6ccc7c(c6)-c6ccccc6C76c7ccccc7-c7ccccc76)cc2c43)N(c2ccccc2)c2cc3c4c6c2B5c2ccccc2N6c2ccccc2B4c2ccccc2N3c2ccccc2)cc1. The summed E-state index contributed by atoms with van der Waals surface area (Å²) in [4.78, 5) is 10.2. The lowest BCUT2D eigenvalue weighted by Gasteiger charge is -2.51. The molecule has 5 nitrogen and oxygen atoms in total. The summed E-state index contributed by atoms with van der Waals surface area (Å²) in [5, 5.41) is 0. The van der Waals surface area contributed by atoms with Crippen molar-refractivity contribution >= 4 is 138 Å². The van der Waals surface area contributed by atoms with E-state index in [0.717, 1.165) is 62.4 Å². The van der Waals surface area contributed by atoms with Gasteiger partial charge in [-0.3, -0.25) is 0 Å². The van der Waals surface area contributed by atoms with Gasteiger partial charge in [0.05, 0.1) is 5.41 Å². The van der Waals surface area contributed by atoms with Crippen LogP contribution in [0.15, 0.2) is 309 Å². The van der Waals surface area contributed by atoms with E-state index in [4.69, 9.17) is 4.74 Å². The summed E-state index contributed by atoms with van der Waals surface area (Å²) in [5.41, 5.74) is 37.7. The third-order valence-corrected chi connectivity index (χ3v) is 21.8. The fraction of sp³-hybridized carbons (Fsp3) is 0.0118. The maximum atomic E-state index is 7.82. The van der Waals surface area contributed by atoms with Crippen molar-refractivity contribution in [2.75, 3.05) is 19.6 Å². The monoisotopic (exact) mass is 1180 g/mol. The zero-order valence-electron chi connectivity index (χ0n) is 50.4. The van der Waals surface area contributed by atoms with E-state index in [1.165, 1.54) is 122 Å². The van der Waals surface area contributed by atoms with Crippen LogP contribution in [0.3, 0.4) is 0 Å². The molecule has 6 aliphatic heterocycles. The predicted octanol–water partition coefficient (Wildman–Crippen LogP) is 14.8. The van der Waals surface area contributed by atoms with Crippen molar-refractivity contribution in [2.24, 2.45) is 0 Å². The molecule has 8 heteroatoms. The molecule has 0 radical (unpaired) electrons. The van der Waals surface area contributed by atoms with Gasteiger partial charge < -0.3 is 24.3 Å². The summed E-state index contributed by atoms with van der Waals surface area (Å²) >= 11 is 0. The molecule has 93 heavy (non-hydrogen) atoms. The van der Waals surface area contributed by atoms with E-state index in [1.807, 2.05) is 0 Å². The summed E-state index contributed by atoms with van der Waals surface area (Å²) < 4.78 is 7.82. The Kier molecular flexibility index (Phi) is 9.82. The molecule has 14 aromatic rings. The highest BCUT2D eigenvalue weighted by atomic mass is 16.5. The second-order valence-electron chi connectivity index (χ2n) is 26.1. The van der Waals surface area contributed by atoms with Crippen LogP contribution < -0.4 is 73.5 Å². The van der Waals surface area contributed by atoms with Crippen molar-refractivity contribution in [3.8, 4) is 44.9 Å². The molecule has 1 spiro atoms. The second kappa shape index (κ2) is 18.2. The minimum absolute atomic E-state index is 0.00371. The van der Waals surface area contributed by atoms with Crippen molar-refractivity contribution in [3.05, 3.63) is 332 Å². The van der Waals surface area contributed by atoms with Crippen LogP contribution in [0.4, 0.5) is 68.2 Å². The van der Waals surface area contributed by atoms with Gasteiger partial charge >= 0.3 is 0 Å². The molecular formula is C85H51B3N4O. The maximum Gasteiger partial charge on any atom is 0.256 e. The van der Waals surface area contributed by atoms with Crippen LogP contribution in [0.2, 0.25) is 0 Å². The Hall–Kier alpha value is -11.7. The van der Waals surface area contributed by atoms with Gasteiger partial charge in [-0.25, -0.2) is 0 Å². The zero-order chi connectivity index (χ0) is 60.4. The standard InChI is InChI=1S/C85H51B3N4O/c1-4-24-54(25-5-1)89-72-41-21-17-37-66(72)88-70-49-69-75(51-79(70)93-80-48-53(47-76(89)81(80)88)52-44-45-64-60(46-52)59-32-12-15-35-63(59)85(64)61-33-13-10-30-57(61)58-31-11-14-34-62(58)85)91(56-28-8-3-9-29-56)78-50-77-82-84-83(78)87(69)68-39-19-23-43-74(68)92(84)73-42-22-18-38-67(73)86(82)65-36-16-20-40-71(65)90(77)55-26-6-2-7-27-55/h1-51H. The lowest BCUT2D eigenvalue weighted by atomic mass is 9.28. The molecule has 0 saturated heterocycles. The van der Waals surface area contributed by atoms with Crippen molar-refractivity contribution in [2.45, 2.75) is 5.41 Å². The van der Waals surface area contributed by atoms with E-state index < -0.39 is 5.41 Å². The Morgan fingerprint density at radius 2 is 0.634 bits per heavy atom. The number of hydrogen-bond donors (Lipinski definition) is 0. The summed E-state index contributed by atoms with van der Waals surface area (Å²) in [6, 6.07) is 117. The van der Waals surface area contributed by atoms with E-state index >= 15 is 0 Å². The van der Waals surface area contributed by atoms with Crippen LogP contribution in [0.1, 0.15) is 22.3 Å². The van der Waals surface area contributed by atoms with Crippen molar-refractivity contribution in [3.63, 3.8) is 0 Å². The number of fused-ring (bicyclic) bond motifs is 24. The minimum Gasteiger partial charge on any atom is -0.458 e. The zero-order valence-corrected chi connectivity index (χ0v) is 50.4. The summed E-state index contributed by atoms with van der Waals surface area (Å²) in [6.45, 7) is -0.282. The Bertz CT molecular complexity index is 5580. The molecule has 0 unspecified atom stereocenters. The lowest BCUT2D eigenvalue weighted by molar-refractivity contribution is 0.488. The van der Waals surface area contributed by atoms with E-state index in [0.29, 0.717) is 0 Å². The molecule has 22 rings (SSSR count). The normalized spacial score (nSPS) is 14.7. The third kappa shape index (κ3) is 6.35. The number of para-hydroxylation sites is 7. The fourth-order valence-electron chi connectivity index (χ4n) is 18.4. The Balaban J connectivity index is 0.794. The van der Waals surface area contributed by atoms with Crippen LogP contribution >= 0.6 is 0 Å². The molecule has 0 bridgehead atoms. The first-order valence-electron chi connectivity index (χ1n) is 32.6. The van der Waals surface area contributed by atoms with Gasteiger partial charge in [-0.15, -0.1) is 0 Å². The van der Waals surface area contributed by atoms with E-state index in [2.05, 4.69) is 329 Å². The fourth-order valence-corrected chi connectivity index (χ4v) is 18.4. The van der Waals surface area contributed by atoms with Gasteiger partial charge in [-0.05, 0) is 190 Å². The van der Waals surface area contributed by atoms with Gasteiger partial charge in [-0.2, -0.15) is 0 Å². The van der Waals surface area contributed by atoms with Crippen molar-refractivity contribution < 1.29 is 4.74 Å². The number of hydrogen-bond acceptors (Lipinski definition) is 5. The first-order valence-corrected chi connectivity index (χ1v) is 32.6. The molecule has 8 aliphatic rings. The Labute approximate surface area is 540 Å². The van der Waals surface area contributed by atoms with E-state index in [-0.39, 0.29) is 20.1 Å². The summed E-state index contributed by atoms with van der Waals surface area (Å²) in [5.74, 6) is 1.73. The predicted molar refractivity (Wildman–Crippen MR) is 387 cm³/mol. The van der Waals surface area contributed by atoms with Gasteiger partial charge in [0, 0.05) is 74.3 Å². The van der Waals surface area contributed by atoms with Crippen LogP contribution in [0.5, 0.6) is 11.5 Å². The molecule has 0 amide bonds. The highest BCUT2D eigenvalue weighted by Crippen LogP contribution is 2.63. The second-order valence-corrected chi connectivity index (χ2v) is 26.1. The molecule has 0 saturated carbocycles. The number of rotatable bonds is 4. The van der Waals surface area contributed by atoms with Crippen molar-refractivity contribution in [1.82, 2.24) is 0 Å². The summed E-state index contributed by atoms with van der Waals surface area (Å²) in [6.07, 6.45) is 0. The minimum atomic E-state index is -0.434. The van der Waals surface area contributed by atoms with Crippen molar-refractivity contribution in [1.29, 1.82) is 0 Å². The summed E-state index contributed by atoms with van der Waals surface area (Å²) in [7, 11) is 0. The highest BCUT2D eigenvalue weighted by molar-refractivity contribution is 7.05. The average molecular weight is 1180 g/mol. The average Bonchev–Trinajstić information content (AvgIpc) is 1.58. The van der Waals surface area contributed by atoms with Gasteiger partial charge in [0.1, 0.15) is 11.5 Å². The Morgan fingerprint density at radius 3 is 1.15 bits per heavy atom. The van der Waals surface area contributed by atoms with Gasteiger partial charge in [0.15, 0.2) is 0 Å². The molecular weight excluding hydrogens is 1130 g/mol. The third-order valence-electron chi connectivity index (χ3n) is 21.8. The van der Waals surface area contributed by atoms with Gasteiger partial charge in [0.25, 0.3) is 20.1 Å². The maximum absolute atomic E-state index is 7.82. The first kappa shape index (κ1) is 50.1. The smallest absolute Gasteiger partial charge is 0.256 e. The molecule has 0 N–H and O–H groups in total. The molecule has 0 fully saturated rings. The van der Waals surface area contributed by atoms with Crippen LogP contribution in [-0.4, -0.2) is 20.1 Å². The van der Waals surface area contributed by atoms with Gasteiger partial charge in [-0.1, -0.05) is 218 Å². The van der Waals surface area contributed by atoms with Crippen LogP contribution in [0, 0.1) is 0 Å². The van der Waals surface area contributed by atoms with Gasteiger partial charge in [0.2, 0.25) is 0 Å². The molecule has 2 aliphatic carbocycles. The number of anilines is 12. The number of nitrogens with zero attached hydrogens (tertiary/aromatic N) is 4. The van der Waals surface area contributed by atoms with Crippen LogP contribution in [-0.2, 0) is 5.41 Å². The molecule has 0 aromatic heterocycles. The molecule has 6 heterocycles. The quantitative estimate of drug-likeness (QED) is 0.163. The lowest BCUT2D eigenvalue weighted by Crippen LogP contribution is -2.69. The topological polar surface area (TPSA) is 22.2 Å². The molecule has 426 valence electrons. The highest BCUT2D eigenvalue weighted by Gasteiger charge is 2.55. The molecule has 14 aromatic carbocycles. The molecule has 0 atom stereocenters. The van der Waals surface area contributed by atoms with E-state index in [1.54, 1.807) is 0 Å². The number of benzene rings is 14. The van der Waals surface area contributed by atoms with E-state index in [9.17, 15) is 0 Å².